The largest absolute Gasteiger partial charge is 0.497 e. The second-order valence-corrected chi connectivity index (χ2v) is 9.63. The van der Waals surface area contributed by atoms with Gasteiger partial charge in [-0.25, -0.2) is 8.42 Å². The molecule has 8 heteroatoms. The Balaban J connectivity index is 1.67. The van der Waals surface area contributed by atoms with Gasteiger partial charge in [-0.3, -0.25) is 0 Å². The number of nitrogens with zero attached hydrogens (tertiary/aromatic N) is 1. The molecule has 0 unspecified atom stereocenters. The summed E-state index contributed by atoms with van der Waals surface area (Å²) < 4.78 is 38.5. The zero-order chi connectivity index (χ0) is 23.0. The standard InChI is InChI=1S/C24H26ClNO5S/c1-30-23-11-7-20(8-12-23)17-31-18-22(27)16-26(15-19-5-3-2-4-6-19)32(28,29)24-13-9-21(25)10-14-24/h2-14,22,27H,15-18H2,1H3/t22-/m1/s1. The molecule has 0 spiro atoms. The smallest absolute Gasteiger partial charge is 0.243 e. The second kappa shape index (κ2) is 11.4. The molecule has 3 aromatic rings. The minimum Gasteiger partial charge on any atom is -0.497 e. The number of ether oxygens (including phenoxy) is 2. The van der Waals surface area contributed by atoms with Crippen LogP contribution >= 0.6 is 11.6 Å². The van der Waals surface area contributed by atoms with Crippen molar-refractivity contribution in [3.8, 4) is 5.75 Å². The zero-order valence-electron chi connectivity index (χ0n) is 17.7. The highest BCUT2D eigenvalue weighted by molar-refractivity contribution is 7.89. The van der Waals surface area contributed by atoms with Crippen molar-refractivity contribution in [2.24, 2.45) is 0 Å². The predicted molar refractivity (Wildman–Crippen MR) is 124 cm³/mol. The maximum absolute atomic E-state index is 13.3. The van der Waals surface area contributed by atoms with E-state index in [0.717, 1.165) is 16.9 Å². The van der Waals surface area contributed by atoms with Crippen LogP contribution in [0.15, 0.2) is 83.8 Å². The van der Waals surface area contributed by atoms with Gasteiger partial charge in [0.1, 0.15) is 5.75 Å². The fourth-order valence-corrected chi connectivity index (χ4v) is 4.70. The molecule has 3 aromatic carbocycles. The molecule has 0 aromatic heterocycles. The van der Waals surface area contributed by atoms with Gasteiger partial charge in [-0.05, 0) is 47.5 Å². The van der Waals surface area contributed by atoms with Crippen LogP contribution in [0.5, 0.6) is 5.75 Å². The van der Waals surface area contributed by atoms with Crippen molar-refractivity contribution in [1.82, 2.24) is 4.31 Å². The van der Waals surface area contributed by atoms with Gasteiger partial charge in [-0.15, -0.1) is 0 Å². The highest BCUT2D eigenvalue weighted by Crippen LogP contribution is 2.21. The summed E-state index contributed by atoms with van der Waals surface area (Å²) >= 11 is 5.91. The van der Waals surface area contributed by atoms with E-state index in [-0.39, 0.29) is 24.6 Å². The molecule has 0 aliphatic carbocycles. The molecule has 1 atom stereocenters. The van der Waals surface area contributed by atoms with Crippen molar-refractivity contribution in [2.45, 2.75) is 24.2 Å². The van der Waals surface area contributed by atoms with E-state index in [1.165, 1.54) is 28.6 Å². The normalized spacial score (nSPS) is 12.6. The van der Waals surface area contributed by atoms with Gasteiger partial charge < -0.3 is 14.6 Å². The second-order valence-electron chi connectivity index (χ2n) is 7.25. The fraction of sp³-hybridized carbons (Fsp3) is 0.250. The number of aliphatic hydroxyl groups excluding tert-OH is 1. The molecule has 0 heterocycles. The molecule has 0 saturated carbocycles. The molecule has 1 N–H and O–H groups in total. The van der Waals surface area contributed by atoms with Gasteiger partial charge in [0.15, 0.2) is 0 Å². The lowest BCUT2D eigenvalue weighted by molar-refractivity contribution is 0.0196. The van der Waals surface area contributed by atoms with Crippen molar-refractivity contribution in [3.05, 3.63) is 95.0 Å². The average Bonchev–Trinajstić information content (AvgIpc) is 2.80. The third kappa shape index (κ3) is 6.79. The summed E-state index contributed by atoms with van der Waals surface area (Å²) in [4.78, 5) is 0.115. The van der Waals surface area contributed by atoms with Gasteiger partial charge in [0, 0.05) is 18.1 Å². The number of aliphatic hydroxyl groups is 1. The van der Waals surface area contributed by atoms with Gasteiger partial charge in [0.25, 0.3) is 0 Å². The number of benzene rings is 3. The van der Waals surface area contributed by atoms with Crippen molar-refractivity contribution in [2.75, 3.05) is 20.3 Å². The van der Waals surface area contributed by atoms with Crippen LogP contribution in [0, 0.1) is 0 Å². The Bertz CT molecular complexity index is 1070. The van der Waals surface area contributed by atoms with Crippen LogP contribution < -0.4 is 4.74 Å². The Morgan fingerprint density at radius 1 is 0.938 bits per heavy atom. The Morgan fingerprint density at radius 3 is 2.22 bits per heavy atom. The molecule has 0 radical (unpaired) electrons. The Kier molecular flexibility index (Phi) is 8.67. The summed E-state index contributed by atoms with van der Waals surface area (Å²) in [5.41, 5.74) is 1.74. The molecule has 0 amide bonds. The van der Waals surface area contributed by atoms with Crippen LogP contribution in [0.25, 0.3) is 0 Å². The van der Waals surface area contributed by atoms with Crippen LogP contribution in [0.3, 0.4) is 0 Å². The third-order valence-corrected chi connectivity index (χ3v) is 6.88. The van der Waals surface area contributed by atoms with Crippen LogP contribution in [0.4, 0.5) is 0 Å². The van der Waals surface area contributed by atoms with Gasteiger partial charge >= 0.3 is 0 Å². The predicted octanol–water partition coefficient (Wildman–Crippen LogP) is 4.12. The molecule has 170 valence electrons. The van der Waals surface area contributed by atoms with E-state index in [1.807, 2.05) is 54.6 Å². The summed E-state index contributed by atoms with van der Waals surface area (Å²) in [5.74, 6) is 0.748. The van der Waals surface area contributed by atoms with Crippen molar-refractivity contribution in [1.29, 1.82) is 0 Å². The van der Waals surface area contributed by atoms with E-state index in [9.17, 15) is 13.5 Å². The van der Waals surface area contributed by atoms with Crippen LogP contribution in [-0.4, -0.2) is 44.2 Å². The van der Waals surface area contributed by atoms with Crippen LogP contribution in [-0.2, 0) is 27.9 Å². The first-order valence-corrected chi connectivity index (χ1v) is 11.9. The lowest BCUT2D eigenvalue weighted by Crippen LogP contribution is -2.38. The summed E-state index contributed by atoms with van der Waals surface area (Å²) in [6.07, 6.45) is -1.00. The molecule has 0 bridgehead atoms. The monoisotopic (exact) mass is 475 g/mol. The molecule has 0 aliphatic heterocycles. The zero-order valence-corrected chi connectivity index (χ0v) is 19.3. The van der Waals surface area contributed by atoms with Crippen LogP contribution in [0.1, 0.15) is 11.1 Å². The molecule has 0 saturated heterocycles. The highest BCUT2D eigenvalue weighted by atomic mass is 35.5. The van der Waals surface area contributed by atoms with E-state index in [4.69, 9.17) is 21.1 Å². The minimum atomic E-state index is -3.85. The molecule has 3 rings (SSSR count). The van der Waals surface area contributed by atoms with Gasteiger partial charge in [0.2, 0.25) is 10.0 Å². The lowest BCUT2D eigenvalue weighted by Gasteiger charge is -2.25. The van der Waals surface area contributed by atoms with E-state index < -0.39 is 16.1 Å². The number of hydrogen-bond donors (Lipinski definition) is 1. The number of rotatable bonds is 11. The number of halogens is 1. The number of methoxy groups -OCH3 is 1. The number of sulfonamides is 1. The van der Waals surface area contributed by atoms with Crippen molar-refractivity contribution >= 4 is 21.6 Å². The summed E-state index contributed by atoms with van der Waals surface area (Å²) in [6.45, 7) is 0.306. The average molecular weight is 476 g/mol. The molecule has 32 heavy (non-hydrogen) atoms. The van der Waals surface area contributed by atoms with Gasteiger partial charge in [-0.2, -0.15) is 4.31 Å². The lowest BCUT2D eigenvalue weighted by atomic mass is 10.2. The summed E-state index contributed by atoms with van der Waals surface area (Å²) in [5, 5.41) is 11.0. The molecule has 6 nitrogen and oxygen atoms in total. The van der Waals surface area contributed by atoms with E-state index in [2.05, 4.69) is 0 Å². The first-order valence-electron chi connectivity index (χ1n) is 10.1. The fourth-order valence-electron chi connectivity index (χ4n) is 3.11. The van der Waals surface area contributed by atoms with E-state index in [0.29, 0.717) is 11.6 Å². The van der Waals surface area contributed by atoms with Gasteiger partial charge in [-0.1, -0.05) is 54.1 Å². The first kappa shape index (κ1) is 24.2. The topological polar surface area (TPSA) is 76.1 Å². The third-order valence-electron chi connectivity index (χ3n) is 4.81. The molecule has 0 aliphatic rings. The van der Waals surface area contributed by atoms with Crippen molar-refractivity contribution < 1.29 is 23.0 Å². The maximum Gasteiger partial charge on any atom is 0.243 e. The van der Waals surface area contributed by atoms with E-state index >= 15 is 0 Å². The SMILES string of the molecule is COc1ccc(COC[C@H](O)CN(Cc2ccccc2)S(=O)(=O)c2ccc(Cl)cc2)cc1. The quantitative estimate of drug-likeness (QED) is 0.451. The van der Waals surface area contributed by atoms with Gasteiger partial charge in [0.05, 0.1) is 31.3 Å². The van der Waals surface area contributed by atoms with Crippen molar-refractivity contribution in [3.63, 3.8) is 0 Å². The number of hydrogen-bond acceptors (Lipinski definition) is 5. The maximum atomic E-state index is 13.3. The minimum absolute atomic E-state index is 0.00649. The molecular weight excluding hydrogens is 450 g/mol. The molecular formula is C24H26ClNO5S. The first-order chi connectivity index (χ1) is 15.4. The summed E-state index contributed by atoms with van der Waals surface area (Å²) in [6, 6.07) is 22.6. The Morgan fingerprint density at radius 2 is 1.59 bits per heavy atom. The Labute approximate surface area is 194 Å². The van der Waals surface area contributed by atoms with Crippen LogP contribution in [0.2, 0.25) is 5.02 Å². The van der Waals surface area contributed by atoms with E-state index in [1.54, 1.807) is 7.11 Å². The summed E-state index contributed by atoms with van der Waals surface area (Å²) in [7, 11) is -2.25. The molecule has 0 fully saturated rings. The highest BCUT2D eigenvalue weighted by Gasteiger charge is 2.27. The Hall–Kier alpha value is -2.42.